The maximum absolute atomic E-state index is 12.4. The standard InChI is InChI=1S/C6H4ClF6N3/c7-1-3-4(6(11,12)13)16(15-14-3)2-5(8,9)10/h1-2H2. The summed E-state index contributed by atoms with van der Waals surface area (Å²) in [6, 6.07) is 0. The van der Waals surface area contributed by atoms with Crippen LogP contribution in [0.5, 0.6) is 0 Å². The highest BCUT2D eigenvalue weighted by molar-refractivity contribution is 6.16. The molecule has 0 unspecified atom stereocenters. The Bertz CT molecular complexity index is 367. The van der Waals surface area contributed by atoms with E-state index in [1.807, 2.05) is 0 Å². The van der Waals surface area contributed by atoms with Gasteiger partial charge in [0.1, 0.15) is 12.2 Å². The van der Waals surface area contributed by atoms with Crippen molar-refractivity contribution in [3.63, 3.8) is 0 Å². The molecule has 16 heavy (non-hydrogen) atoms. The molecule has 1 heterocycles. The largest absolute Gasteiger partial charge is 0.434 e. The van der Waals surface area contributed by atoms with E-state index in [1.165, 1.54) is 0 Å². The molecular weight excluding hydrogens is 264 g/mol. The molecule has 0 atom stereocenters. The fourth-order valence-electron chi connectivity index (χ4n) is 1.03. The predicted molar refractivity (Wildman–Crippen MR) is 40.6 cm³/mol. The monoisotopic (exact) mass is 267 g/mol. The first-order chi connectivity index (χ1) is 7.15. The van der Waals surface area contributed by atoms with Gasteiger partial charge < -0.3 is 0 Å². The molecule has 10 heteroatoms. The summed E-state index contributed by atoms with van der Waals surface area (Å²) in [5.41, 5.74) is -2.29. The number of hydrogen-bond acceptors (Lipinski definition) is 2. The Kier molecular flexibility index (Phi) is 3.36. The Balaban J connectivity index is 3.16. The van der Waals surface area contributed by atoms with Gasteiger partial charge in [-0.15, -0.1) is 16.7 Å². The summed E-state index contributed by atoms with van der Waals surface area (Å²) in [4.78, 5) is 0. The van der Waals surface area contributed by atoms with Gasteiger partial charge in [-0.2, -0.15) is 26.3 Å². The average Bonchev–Trinajstić information content (AvgIpc) is 2.43. The molecule has 0 aliphatic heterocycles. The van der Waals surface area contributed by atoms with E-state index in [0.29, 0.717) is 0 Å². The Labute approximate surface area is 90.0 Å². The average molecular weight is 268 g/mol. The molecule has 0 bridgehead atoms. The van der Waals surface area contributed by atoms with Crippen LogP contribution >= 0.6 is 11.6 Å². The first kappa shape index (κ1) is 13.1. The fourth-order valence-corrected chi connectivity index (χ4v) is 1.21. The first-order valence-electron chi connectivity index (χ1n) is 3.77. The van der Waals surface area contributed by atoms with Crippen LogP contribution in [-0.4, -0.2) is 21.2 Å². The van der Waals surface area contributed by atoms with E-state index in [1.54, 1.807) is 0 Å². The zero-order chi connectivity index (χ0) is 12.6. The predicted octanol–water partition coefficient (Wildman–Crippen LogP) is 2.60. The van der Waals surface area contributed by atoms with Gasteiger partial charge in [-0.1, -0.05) is 5.21 Å². The van der Waals surface area contributed by atoms with E-state index in [2.05, 4.69) is 10.3 Å². The Morgan fingerprint density at radius 2 is 1.69 bits per heavy atom. The van der Waals surface area contributed by atoms with Gasteiger partial charge in [0, 0.05) is 0 Å². The van der Waals surface area contributed by atoms with Crippen molar-refractivity contribution < 1.29 is 26.3 Å². The summed E-state index contributed by atoms with van der Waals surface area (Å²) in [5, 5.41) is 5.73. The van der Waals surface area contributed by atoms with Crippen LogP contribution in [0.4, 0.5) is 26.3 Å². The van der Waals surface area contributed by atoms with Crippen molar-refractivity contribution in [3.05, 3.63) is 11.4 Å². The van der Waals surface area contributed by atoms with Gasteiger partial charge in [0.2, 0.25) is 0 Å². The minimum Gasteiger partial charge on any atom is -0.231 e. The van der Waals surface area contributed by atoms with E-state index < -0.39 is 36.2 Å². The Hall–Kier alpha value is -0.990. The molecule has 0 N–H and O–H groups in total. The van der Waals surface area contributed by atoms with Gasteiger partial charge in [-0.25, -0.2) is 4.68 Å². The number of alkyl halides is 7. The van der Waals surface area contributed by atoms with Crippen LogP contribution in [0, 0.1) is 0 Å². The van der Waals surface area contributed by atoms with E-state index in [-0.39, 0.29) is 4.68 Å². The van der Waals surface area contributed by atoms with Crippen LogP contribution in [0.25, 0.3) is 0 Å². The number of halogens is 7. The quantitative estimate of drug-likeness (QED) is 0.609. The molecule has 0 fully saturated rings. The maximum Gasteiger partial charge on any atom is 0.434 e. The van der Waals surface area contributed by atoms with Crippen LogP contribution in [-0.2, 0) is 18.6 Å². The molecule has 0 spiro atoms. The summed E-state index contributed by atoms with van der Waals surface area (Å²) in [5.74, 6) is -0.660. The van der Waals surface area contributed by atoms with Crippen LogP contribution in [0.15, 0.2) is 0 Å². The Morgan fingerprint density at radius 3 is 2.06 bits per heavy atom. The summed E-state index contributed by atoms with van der Waals surface area (Å²) in [6.45, 7) is -1.86. The normalized spacial score (nSPS) is 13.2. The topological polar surface area (TPSA) is 30.7 Å². The van der Waals surface area contributed by atoms with Gasteiger partial charge >= 0.3 is 12.4 Å². The van der Waals surface area contributed by atoms with Gasteiger partial charge in [-0.3, -0.25) is 0 Å². The number of aromatic nitrogens is 3. The van der Waals surface area contributed by atoms with Gasteiger partial charge in [-0.05, 0) is 0 Å². The lowest BCUT2D eigenvalue weighted by atomic mass is 10.3. The highest BCUT2D eigenvalue weighted by Gasteiger charge is 2.41. The molecule has 3 nitrogen and oxygen atoms in total. The summed E-state index contributed by atoms with van der Waals surface area (Å²) >= 11 is 5.13. The van der Waals surface area contributed by atoms with E-state index in [4.69, 9.17) is 11.6 Å². The summed E-state index contributed by atoms with van der Waals surface area (Å²) in [6.07, 6.45) is -9.78. The molecule has 0 amide bonds. The third kappa shape index (κ3) is 3.00. The molecule has 1 aromatic rings. The second-order valence-corrected chi connectivity index (χ2v) is 3.06. The lowest BCUT2D eigenvalue weighted by molar-refractivity contribution is -0.161. The van der Waals surface area contributed by atoms with E-state index in [9.17, 15) is 26.3 Å². The molecule has 1 aromatic heterocycles. The lowest BCUT2D eigenvalue weighted by Crippen LogP contribution is -2.24. The maximum atomic E-state index is 12.4. The van der Waals surface area contributed by atoms with Crippen molar-refractivity contribution in [2.45, 2.75) is 24.8 Å². The third-order valence-electron chi connectivity index (χ3n) is 1.53. The van der Waals surface area contributed by atoms with Crippen molar-refractivity contribution in [3.8, 4) is 0 Å². The highest BCUT2D eigenvalue weighted by atomic mass is 35.5. The Morgan fingerprint density at radius 1 is 1.12 bits per heavy atom. The molecular formula is C6H4ClF6N3. The highest BCUT2D eigenvalue weighted by Crippen LogP contribution is 2.33. The van der Waals surface area contributed by atoms with E-state index in [0.717, 1.165) is 0 Å². The number of rotatable bonds is 2. The minimum atomic E-state index is -4.97. The molecule has 0 aromatic carbocycles. The van der Waals surface area contributed by atoms with E-state index >= 15 is 0 Å². The molecule has 92 valence electrons. The first-order valence-corrected chi connectivity index (χ1v) is 4.31. The van der Waals surface area contributed by atoms with Crippen LogP contribution in [0.2, 0.25) is 0 Å². The smallest absolute Gasteiger partial charge is 0.231 e. The summed E-state index contributed by atoms with van der Waals surface area (Å²) < 4.78 is 72.7. The van der Waals surface area contributed by atoms with Gasteiger partial charge in [0.05, 0.1) is 5.88 Å². The van der Waals surface area contributed by atoms with Crippen LogP contribution in [0.1, 0.15) is 11.4 Å². The number of nitrogens with zero attached hydrogens (tertiary/aromatic N) is 3. The SMILES string of the molecule is FC(F)(F)Cn1nnc(CCl)c1C(F)(F)F. The molecule has 0 aliphatic rings. The van der Waals surface area contributed by atoms with Gasteiger partial charge in [0.25, 0.3) is 0 Å². The van der Waals surface area contributed by atoms with Crippen molar-refractivity contribution in [2.75, 3.05) is 0 Å². The van der Waals surface area contributed by atoms with Crippen molar-refractivity contribution in [1.82, 2.24) is 15.0 Å². The van der Waals surface area contributed by atoms with Crippen LogP contribution in [0.3, 0.4) is 0 Å². The van der Waals surface area contributed by atoms with Crippen molar-refractivity contribution >= 4 is 11.6 Å². The molecule has 0 radical (unpaired) electrons. The molecule has 0 saturated carbocycles. The van der Waals surface area contributed by atoms with Gasteiger partial charge in [0.15, 0.2) is 5.69 Å². The molecule has 0 aliphatic carbocycles. The minimum absolute atomic E-state index is 0.252. The molecule has 1 rings (SSSR count). The third-order valence-corrected chi connectivity index (χ3v) is 1.78. The number of hydrogen-bond donors (Lipinski definition) is 0. The van der Waals surface area contributed by atoms with Crippen molar-refractivity contribution in [1.29, 1.82) is 0 Å². The van der Waals surface area contributed by atoms with Crippen molar-refractivity contribution in [2.24, 2.45) is 0 Å². The zero-order valence-electron chi connectivity index (χ0n) is 7.40. The lowest BCUT2D eigenvalue weighted by Gasteiger charge is -2.11. The zero-order valence-corrected chi connectivity index (χ0v) is 8.16. The second kappa shape index (κ2) is 4.11. The second-order valence-electron chi connectivity index (χ2n) is 2.79. The molecule has 0 saturated heterocycles. The fraction of sp³-hybridized carbons (Fsp3) is 0.667. The van der Waals surface area contributed by atoms with Crippen LogP contribution < -0.4 is 0 Å². The summed E-state index contributed by atoms with van der Waals surface area (Å²) in [7, 11) is 0.